The zero-order valence-corrected chi connectivity index (χ0v) is 13.8. The van der Waals surface area contributed by atoms with Gasteiger partial charge in [-0.3, -0.25) is 4.79 Å². The third-order valence-corrected chi connectivity index (χ3v) is 4.72. The van der Waals surface area contributed by atoms with E-state index in [0.717, 1.165) is 35.3 Å². The largest absolute Gasteiger partial charge is 0.349 e. The molecule has 4 heteroatoms. The number of carbonyl (C=O) groups excluding carboxylic acids is 1. The second-order valence-electron chi connectivity index (χ2n) is 6.45. The molecule has 0 fully saturated rings. The summed E-state index contributed by atoms with van der Waals surface area (Å²) in [6.07, 6.45) is 1.79. The summed E-state index contributed by atoms with van der Waals surface area (Å²) >= 11 is 0. The SMILES string of the molecule is Cc1nc2ccc(C(=O)NC3Cc4ccccc4C3)cc2nc1C. The van der Waals surface area contributed by atoms with Crippen molar-refractivity contribution in [3.63, 3.8) is 0 Å². The van der Waals surface area contributed by atoms with Gasteiger partial charge < -0.3 is 5.32 Å². The third kappa shape index (κ3) is 2.64. The van der Waals surface area contributed by atoms with Crippen LogP contribution in [0, 0.1) is 13.8 Å². The molecule has 4 rings (SSSR count). The zero-order valence-electron chi connectivity index (χ0n) is 13.8. The molecule has 1 aliphatic carbocycles. The predicted octanol–water partition coefficient (Wildman–Crippen LogP) is 3.14. The van der Waals surface area contributed by atoms with Gasteiger partial charge in [0.15, 0.2) is 0 Å². The van der Waals surface area contributed by atoms with Crippen LogP contribution in [0.3, 0.4) is 0 Å². The fourth-order valence-corrected chi connectivity index (χ4v) is 3.30. The van der Waals surface area contributed by atoms with Crippen molar-refractivity contribution in [3.8, 4) is 0 Å². The Hall–Kier alpha value is -2.75. The number of amides is 1. The van der Waals surface area contributed by atoms with Crippen LogP contribution < -0.4 is 5.32 Å². The second kappa shape index (κ2) is 5.71. The van der Waals surface area contributed by atoms with Gasteiger partial charge in [0.05, 0.1) is 22.4 Å². The average Bonchev–Trinajstić information content (AvgIpc) is 2.97. The molecule has 0 saturated carbocycles. The standard InChI is InChI=1S/C20H19N3O/c1-12-13(2)22-19-11-16(7-8-18(19)21-12)20(24)23-17-9-14-5-3-4-6-15(14)10-17/h3-8,11,17H,9-10H2,1-2H3,(H,23,24). The molecule has 1 N–H and O–H groups in total. The molecule has 1 amide bonds. The monoisotopic (exact) mass is 317 g/mol. The lowest BCUT2D eigenvalue weighted by Gasteiger charge is -2.12. The highest BCUT2D eigenvalue weighted by atomic mass is 16.1. The summed E-state index contributed by atoms with van der Waals surface area (Å²) in [4.78, 5) is 21.6. The molecule has 24 heavy (non-hydrogen) atoms. The number of aryl methyl sites for hydroxylation is 2. The molecule has 1 aromatic heterocycles. The Morgan fingerprint density at radius 3 is 2.25 bits per heavy atom. The highest BCUT2D eigenvalue weighted by Crippen LogP contribution is 2.22. The highest BCUT2D eigenvalue weighted by Gasteiger charge is 2.23. The summed E-state index contributed by atoms with van der Waals surface area (Å²) < 4.78 is 0. The maximum atomic E-state index is 12.6. The van der Waals surface area contributed by atoms with Crippen molar-refractivity contribution < 1.29 is 4.79 Å². The topological polar surface area (TPSA) is 54.9 Å². The number of hydrogen-bond acceptors (Lipinski definition) is 3. The first-order valence-electron chi connectivity index (χ1n) is 8.23. The average molecular weight is 317 g/mol. The number of rotatable bonds is 2. The van der Waals surface area contributed by atoms with E-state index in [1.54, 1.807) is 0 Å². The predicted molar refractivity (Wildman–Crippen MR) is 94.1 cm³/mol. The van der Waals surface area contributed by atoms with Crippen LogP contribution in [-0.2, 0) is 12.8 Å². The molecule has 0 unspecified atom stereocenters. The molecule has 0 aliphatic heterocycles. The molecule has 4 nitrogen and oxygen atoms in total. The Balaban J connectivity index is 1.55. The fourth-order valence-electron chi connectivity index (χ4n) is 3.30. The number of hydrogen-bond donors (Lipinski definition) is 1. The Labute approximate surface area is 141 Å². The van der Waals surface area contributed by atoms with E-state index in [2.05, 4.69) is 39.6 Å². The molecular formula is C20H19N3O. The first-order valence-corrected chi connectivity index (χ1v) is 8.23. The molecular weight excluding hydrogens is 298 g/mol. The van der Waals surface area contributed by atoms with Crippen LogP contribution in [-0.4, -0.2) is 21.9 Å². The smallest absolute Gasteiger partial charge is 0.251 e. The van der Waals surface area contributed by atoms with E-state index < -0.39 is 0 Å². The van der Waals surface area contributed by atoms with Crippen molar-refractivity contribution >= 4 is 16.9 Å². The molecule has 0 saturated heterocycles. The molecule has 0 spiro atoms. The van der Waals surface area contributed by atoms with Crippen LogP contribution in [0.2, 0.25) is 0 Å². The number of nitrogens with one attached hydrogen (secondary N) is 1. The molecule has 0 atom stereocenters. The maximum Gasteiger partial charge on any atom is 0.251 e. The van der Waals surface area contributed by atoms with Crippen LogP contribution in [0.25, 0.3) is 11.0 Å². The molecule has 2 aromatic carbocycles. The van der Waals surface area contributed by atoms with E-state index in [0.29, 0.717) is 5.56 Å². The minimum Gasteiger partial charge on any atom is -0.349 e. The van der Waals surface area contributed by atoms with Gasteiger partial charge in [0, 0.05) is 11.6 Å². The van der Waals surface area contributed by atoms with Crippen molar-refractivity contribution in [2.75, 3.05) is 0 Å². The van der Waals surface area contributed by atoms with E-state index in [4.69, 9.17) is 0 Å². The third-order valence-electron chi connectivity index (χ3n) is 4.72. The minimum atomic E-state index is -0.0465. The first kappa shape index (κ1) is 14.8. The van der Waals surface area contributed by atoms with E-state index in [9.17, 15) is 4.79 Å². The lowest BCUT2D eigenvalue weighted by atomic mass is 10.1. The lowest BCUT2D eigenvalue weighted by Crippen LogP contribution is -2.35. The van der Waals surface area contributed by atoms with Crippen LogP contribution in [0.5, 0.6) is 0 Å². The molecule has 1 heterocycles. The molecule has 0 bridgehead atoms. The van der Waals surface area contributed by atoms with Gasteiger partial charge >= 0.3 is 0 Å². The van der Waals surface area contributed by atoms with Crippen LogP contribution >= 0.6 is 0 Å². The molecule has 3 aromatic rings. The Kier molecular flexibility index (Phi) is 3.53. The number of benzene rings is 2. The van der Waals surface area contributed by atoms with Gasteiger partial charge in [-0.25, -0.2) is 9.97 Å². The summed E-state index contributed by atoms with van der Waals surface area (Å²) in [6.45, 7) is 3.88. The summed E-state index contributed by atoms with van der Waals surface area (Å²) in [6, 6.07) is 14.1. The lowest BCUT2D eigenvalue weighted by molar-refractivity contribution is 0.0938. The van der Waals surface area contributed by atoms with Crippen molar-refractivity contribution in [2.45, 2.75) is 32.7 Å². The van der Waals surface area contributed by atoms with Gasteiger partial charge in [-0.05, 0) is 56.0 Å². The normalized spacial score (nSPS) is 13.9. The summed E-state index contributed by atoms with van der Waals surface area (Å²) in [5, 5.41) is 3.15. The summed E-state index contributed by atoms with van der Waals surface area (Å²) in [7, 11) is 0. The van der Waals surface area contributed by atoms with E-state index >= 15 is 0 Å². The maximum absolute atomic E-state index is 12.6. The summed E-state index contributed by atoms with van der Waals surface area (Å²) in [5.74, 6) is -0.0465. The van der Waals surface area contributed by atoms with Crippen molar-refractivity contribution in [3.05, 3.63) is 70.5 Å². The van der Waals surface area contributed by atoms with Gasteiger partial charge in [-0.15, -0.1) is 0 Å². The number of nitrogens with zero attached hydrogens (tertiary/aromatic N) is 2. The van der Waals surface area contributed by atoms with E-state index in [1.807, 2.05) is 32.0 Å². The molecule has 120 valence electrons. The van der Waals surface area contributed by atoms with Crippen LogP contribution in [0.15, 0.2) is 42.5 Å². The summed E-state index contributed by atoms with van der Waals surface area (Å²) in [5.41, 5.74) is 6.70. The van der Waals surface area contributed by atoms with E-state index in [-0.39, 0.29) is 11.9 Å². The van der Waals surface area contributed by atoms with Gasteiger partial charge in [0.1, 0.15) is 0 Å². The molecule has 0 radical (unpaired) electrons. The van der Waals surface area contributed by atoms with Gasteiger partial charge in [0.2, 0.25) is 0 Å². The van der Waals surface area contributed by atoms with E-state index in [1.165, 1.54) is 11.1 Å². The van der Waals surface area contributed by atoms with Gasteiger partial charge in [-0.2, -0.15) is 0 Å². The second-order valence-corrected chi connectivity index (χ2v) is 6.45. The Morgan fingerprint density at radius 2 is 1.58 bits per heavy atom. The molecule has 1 aliphatic rings. The Bertz CT molecular complexity index is 924. The quantitative estimate of drug-likeness (QED) is 0.790. The first-order chi connectivity index (χ1) is 11.6. The van der Waals surface area contributed by atoms with Gasteiger partial charge in [0.25, 0.3) is 5.91 Å². The van der Waals surface area contributed by atoms with Crippen molar-refractivity contribution in [1.82, 2.24) is 15.3 Å². The Morgan fingerprint density at radius 1 is 0.958 bits per heavy atom. The minimum absolute atomic E-state index is 0.0465. The van der Waals surface area contributed by atoms with Gasteiger partial charge in [-0.1, -0.05) is 24.3 Å². The number of carbonyl (C=O) groups is 1. The van der Waals surface area contributed by atoms with Crippen LogP contribution in [0.4, 0.5) is 0 Å². The highest BCUT2D eigenvalue weighted by molar-refractivity contribution is 5.97. The zero-order chi connectivity index (χ0) is 16.7. The fraction of sp³-hybridized carbons (Fsp3) is 0.250. The number of fused-ring (bicyclic) bond motifs is 2. The van der Waals surface area contributed by atoms with Crippen molar-refractivity contribution in [2.24, 2.45) is 0 Å². The van der Waals surface area contributed by atoms with Crippen LogP contribution in [0.1, 0.15) is 32.9 Å². The number of aromatic nitrogens is 2. The van der Waals surface area contributed by atoms with Crippen molar-refractivity contribution in [1.29, 1.82) is 0 Å².